The summed E-state index contributed by atoms with van der Waals surface area (Å²) in [5.74, 6) is 0.239. The highest BCUT2D eigenvalue weighted by Crippen LogP contribution is 2.50. The quantitative estimate of drug-likeness (QED) is 0.601. The van der Waals surface area contributed by atoms with Crippen molar-refractivity contribution in [2.75, 3.05) is 54.9 Å². The second-order valence-electron chi connectivity index (χ2n) is 11.0. The largest absolute Gasteiger partial charge is 0.367 e. The summed E-state index contributed by atoms with van der Waals surface area (Å²) in [6, 6.07) is 5.09. The zero-order valence-electron chi connectivity index (χ0n) is 21.5. The average molecular weight is 508 g/mol. The van der Waals surface area contributed by atoms with Crippen molar-refractivity contribution in [3.05, 3.63) is 35.8 Å². The Kier molecular flexibility index (Phi) is 5.82. The number of nitrogens with zero attached hydrogens (tertiary/aromatic N) is 5. The highest BCUT2D eigenvalue weighted by Gasteiger charge is 2.59. The first-order valence-corrected chi connectivity index (χ1v) is 13.3. The summed E-state index contributed by atoms with van der Waals surface area (Å²) in [6.45, 7) is 5.98. The number of hydrogen-bond acceptors (Lipinski definition) is 7. The van der Waals surface area contributed by atoms with Crippen molar-refractivity contribution >= 4 is 35.0 Å². The number of amides is 2. The smallest absolute Gasteiger partial charge is 0.244 e. The molecule has 196 valence electrons. The third-order valence-electron chi connectivity index (χ3n) is 8.89. The zero-order valence-corrected chi connectivity index (χ0v) is 21.5. The van der Waals surface area contributed by atoms with Crippen LogP contribution in [0, 0.1) is 11.2 Å². The summed E-state index contributed by atoms with van der Waals surface area (Å²) < 4.78 is 15.1. The predicted octanol–water partition coefficient (Wildman–Crippen LogP) is 2.84. The van der Waals surface area contributed by atoms with Crippen molar-refractivity contribution in [1.29, 1.82) is 0 Å². The summed E-state index contributed by atoms with van der Waals surface area (Å²) in [4.78, 5) is 42.2. The first-order chi connectivity index (χ1) is 17.8. The SMILES string of the molecule is CCC1(N2C(=O)[C@]3(CCNC3=O)Cc3cnc(Nc4ccc(N5CCN(C)CC5)c(F)c4)nc32)CCC1. The third-order valence-corrected chi connectivity index (χ3v) is 8.89. The van der Waals surface area contributed by atoms with Gasteiger partial charge in [0, 0.05) is 62.1 Å². The van der Waals surface area contributed by atoms with E-state index in [-0.39, 0.29) is 23.2 Å². The molecular weight excluding hydrogens is 473 g/mol. The highest BCUT2D eigenvalue weighted by molar-refractivity contribution is 6.15. The van der Waals surface area contributed by atoms with E-state index in [0.717, 1.165) is 57.4 Å². The van der Waals surface area contributed by atoms with E-state index in [1.54, 1.807) is 12.3 Å². The molecule has 10 heteroatoms. The molecule has 1 saturated carbocycles. The number of piperazine rings is 1. The fraction of sp³-hybridized carbons (Fsp3) is 0.556. The van der Waals surface area contributed by atoms with Crippen LogP contribution in [0.3, 0.4) is 0 Å². The number of halogens is 1. The number of carbonyl (C=O) groups is 2. The van der Waals surface area contributed by atoms with Gasteiger partial charge >= 0.3 is 0 Å². The number of benzene rings is 1. The van der Waals surface area contributed by atoms with Crippen LogP contribution in [0.15, 0.2) is 24.4 Å². The average Bonchev–Trinajstić information content (AvgIpc) is 3.22. The Morgan fingerprint density at radius 2 is 1.92 bits per heavy atom. The van der Waals surface area contributed by atoms with Gasteiger partial charge in [0.15, 0.2) is 0 Å². The summed E-state index contributed by atoms with van der Waals surface area (Å²) in [5, 5.41) is 6.00. The maximum atomic E-state index is 15.1. The van der Waals surface area contributed by atoms with Crippen molar-refractivity contribution in [2.24, 2.45) is 5.41 Å². The number of rotatable bonds is 5. The van der Waals surface area contributed by atoms with Gasteiger partial charge in [0.25, 0.3) is 0 Å². The number of carbonyl (C=O) groups excluding carboxylic acids is 2. The maximum Gasteiger partial charge on any atom is 0.244 e. The van der Waals surface area contributed by atoms with Crippen molar-refractivity contribution in [2.45, 2.75) is 51.0 Å². The zero-order chi connectivity index (χ0) is 25.8. The lowest BCUT2D eigenvalue weighted by Gasteiger charge is -2.53. The third kappa shape index (κ3) is 3.84. The van der Waals surface area contributed by atoms with Crippen LogP contribution in [-0.2, 0) is 16.0 Å². The fourth-order valence-electron chi connectivity index (χ4n) is 6.31. The minimum absolute atomic E-state index is 0.149. The Labute approximate surface area is 216 Å². The van der Waals surface area contributed by atoms with Crippen LogP contribution < -0.4 is 20.4 Å². The second kappa shape index (κ2) is 8.93. The predicted molar refractivity (Wildman–Crippen MR) is 140 cm³/mol. The lowest BCUT2D eigenvalue weighted by molar-refractivity contribution is -0.141. The van der Waals surface area contributed by atoms with Gasteiger partial charge in [0.05, 0.1) is 5.69 Å². The highest BCUT2D eigenvalue weighted by atomic mass is 19.1. The van der Waals surface area contributed by atoms with Crippen LogP contribution in [0.25, 0.3) is 0 Å². The molecule has 1 aromatic carbocycles. The molecule has 3 aliphatic heterocycles. The molecule has 4 heterocycles. The number of hydrogen-bond donors (Lipinski definition) is 2. The monoisotopic (exact) mass is 507 g/mol. The van der Waals surface area contributed by atoms with Gasteiger partial charge in [-0.25, -0.2) is 9.37 Å². The van der Waals surface area contributed by atoms with Gasteiger partial charge in [-0.1, -0.05) is 6.92 Å². The molecule has 1 atom stereocenters. The van der Waals surface area contributed by atoms with Gasteiger partial charge in [-0.2, -0.15) is 4.98 Å². The van der Waals surface area contributed by atoms with E-state index in [2.05, 4.69) is 39.4 Å². The minimum atomic E-state index is -1.08. The van der Waals surface area contributed by atoms with Gasteiger partial charge in [0.1, 0.15) is 17.1 Å². The lowest BCUT2D eigenvalue weighted by atomic mass is 9.69. The molecule has 37 heavy (non-hydrogen) atoms. The van der Waals surface area contributed by atoms with Crippen LogP contribution in [0.1, 0.15) is 44.6 Å². The molecule has 9 nitrogen and oxygen atoms in total. The Bertz CT molecular complexity index is 1240. The molecule has 1 aromatic heterocycles. The van der Waals surface area contributed by atoms with E-state index in [0.29, 0.717) is 42.5 Å². The molecule has 0 unspecified atom stereocenters. The van der Waals surface area contributed by atoms with Gasteiger partial charge < -0.3 is 20.4 Å². The maximum absolute atomic E-state index is 15.1. The lowest BCUT2D eigenvalue weighted by Crippen LogP contribution is -2.64. The van der Waals surface area contributed by atoms with E-state index in [4.69, 9.17) is 4.98 Å². The Morgan fingerprint density at radius 3 is 2.54 bits per heavy atom. The van der Waals surface area contributed by atoms with Crippen molar-refractivity contribution < 1.29 is 14.0 Å². The van der Waals surface area contributed by atoms with Crippen molar-refractivity contribution in [1.82, 2.24) is 20.2 Å². The molecule has 3 fully saturated rings. The first kappa shape index (κ1) is 24.1. The Balaban J connectivity index is 1.31. The first-order valence-electron chi connectivity index (χ1n) is 13.3. The van der Waals surface area contributed by atoms with Crippen LogP contribution in [-0.4, -0.2) is 72.0 Å². The molecule has 2 amide bonds. The molecule has 2 aromatic rings. The van der Waals surface area contributed by atoms with E-state index in [1.807, 2.05) is 11.0 Å². The van der Waals surface area contributed by atoms with Gasteiger partial charge in [-0.15, -0.1) is 0 Å². The Morgan fingerprint density at radius 1 is 1.14 bits per heavy atom. The number of anilines is 4. The van der Waals surface area contributed by atoms with Crippen LogP contribution in [0.4, 0.5) is 27.5 Å². The van der Waals surface area contributed by atoms with E-state index >= 15 is 4.39 Å². The van der Waals surface area contributed by atoms with Gasteiger partial charge in [-0.05, 0) is 57.4 Å². The number of nitrogens with one attached hydrogen (secondary N) is 2. The molecule has 1 spiro atoms. The normalized spacial score (nSPS) is 25.2. The Hall–Kier alpha value is -3.27. The van der Waals surface area contributed by atoms with Crippen LogP contribution in [0.5, 0.6) is 0 Å². The number of likely N-dealkylation sites (N-methyl/N-ethyl adjacent to an activating group) is 1. The summed E-state index contributed by atoms with van der Waals surface area (Å²) in [5.41, 5.74) is 0.537. The van der Waals surface area contributed by atoms with E-state index in [9.17, 15) is 9.59 Å². The molecular formula is C27H34FN7O2. The minimum Gasteiger partial charge on any atom is -0.367 e. The molecule has 2 N–H and O–H groups in total. The van der Waals surface area contributed by atoms with Gasteiger partial charge in [-0.3, -0.25) is 14.5 Å². The fourth-order valence-corrected chi connectivity index (χ4v) is 6.31. The molecule has 1 aliphatic carbocycles. The summed E-state index contributed by atoms with van der Waals surface area (Å²) >= 11 is 0. The second-order valence-corrected chi connectivity index (χ2v) is 11.0. The molecule has 6 rings (SSSR count). The molecule has 0 radical (unpaired) electrons. The van der Waals surface area contributed by atoms with E-state index < -0.39 is 5.41 Å². The molecule has 2 saturated heterocycles. The van der Waals surface area contributed by atoms with E-state index in [1.165, 1.54) is 6.07 Å². The summed E-state index contributed by atoms with van der Waals surface area (Å²) in [6.07, 6.45) is 6.12. The van der Waals surface area contributed by atoms with Crippen molar-refractivity contribution in [3.8, 4) is 0 Å². The van der Waals surface area contributed by atoms with Gasteiger partial charge in [0.2, 0.25) is 17.8 Å². The number of fused-ring (bicyclic) bond motifs is 1. The van der Waals surface area contributed by atoms with Crippen molar-refractivity contribution in [3.63, 3.8) is 0 Å². The topological polar surface area (TPSA) is 93.7 Å². The van der Waals surface area contributed by atoms with Crippen LogP contribution in [0.2, 0.25) is 0 Å². The summed E-state index contributed by atoms with van der Waals surface area (Å²) in [7, 11) is 2.07. The van der Waals surface area contributed by atoms with Crippen LogP contribution >= 0.6 is 0 Å². The number of aromatic nitrogens is 2. The molecule has 0 bridgehead atoms. The molecule has 4 aliphatic rings. The standard InChI is InChI=1S/C27H34FN7O2/c1-3-26(7-4-8-26)35-22-18(16-27(24(35)37)9-10-29-23(27)36)17-30-25(32-22)31-19-5-6-21(20(28)15-19)34-13-11-33(2)12-14-34/h5-6,15,17H,3-4,7-14,16H2,1-2H3,(H,29,36)(H,30,31,32)/t27-/m1/s1.